The predicted molar refractivity (Wildman–Crippen MR) is 73.6 cm³/mol. The Morgan fingerprint density at radius 1 is 1.17 bits per heavy atom. The molecule has 1 aromatic carbocycles. The average Bonchev–Trinajstić information content (AvgIpc) is 2.67. The highest BCUT2D eigenvalue weighted by Gasteiger charge is 2.09. The molecule has 3 rings (SSSR count). The number of hydrogen-bond donors (Lipinski definition) is 1. The third-order valence-electron chi connectivity index (χ3n) is 3.11. The minimum Gasteiger partial charge on any atom is -0.383 e. The molecule has 0 atom stereocenters. The van der Waals surface area contributed by atoms with Crippen molar-refractivity contribution < 1.29 is 0 Å². The molecule has 0 aliphatic rings. The molecule has 0 radical (unpaired) electrons. The summed E-state index contributed by atoms with van der Waals surface area (Å²) in [6.07, 6.45) is 2.74. The second kappa shape index (κ2) is 4.18. The molecule has 0 unspecified atom stereocenters. The van der Waals surface area contributed by atoms with E-state index in [1.807, 2.05) is 40.9 Å². The molecule has 0 aliphatic carbocycles. The highest BCUT2D eigenvalue weighted by atomic mass is 15.1. The Kier molecular flexibility index (Phi) is 2.52. The summed E-state index contributed by atoms with van der Waals surface area (Å²) in [5.74, 6) is 0.730. The van der Waals surface area contributed by atoms with Crippen LogP contribution in [0.25, 0.3) is 5.65 Å². The highest BCUT2D eigenvalue weighted by molar-refractivity contribution is 5.54. The van der Waals surface area contributed by atoms with Crippen LogP contribution < -0.4 is 5.73 Å². The second-order valence-electron chi connectivity index (χ2n) is 4.54. The van der Waals surface area contributed by atoms with Crippen LogP contribution in [-0.4, -0.2) is 9.38 Å². The van der Waals surface area contributed by atoms with Crippen molar-refractivity contribution in [3.63, 3.8) is 0 Å². The van der Waals surface area contributed by atoms with Crippen molar-refractivity contribution in [1.29, 1.82) is 0 Å². The summed E-state index contributed by atoms with van der Waals surface area (Å²) < 4.78 is 1.94. The fraction of sp³-hybridized carbons (Fsp3) is 0.133. The first kappa shape index (κ1) is 10.8. The van der Waals surface area contributed by atoms with Crippen LogP contribution in [0.5, 0.6) is 0 Å². The summed E-state index contributed by atoms with van der Waals surface area (Å²) >= 11 is 0. The lowest BCUT2D eigenvalue weighted by molar-refractivity contribution is 1.12. The van der Waals surface area contributed by atoms with E-state index in [9.17, 15) is 0 Å². The van der Waals surface area contributed by atoms with E-state index in [4.69, 9.17) is 5.73 Å². The normalized spacial score (nSPS) is 10.9. The number of nitrogens with two attached hydrogens (primary N) is 1. The van der Waals surface area contributed by atoms with E-state index in [2.05, 4.69) is 24.0 Å². The standard InChI is InChI=1S/C15H15N3/c1-11-7-8-18-14(9-11)17-13(15(18)16)10-12-5-3-2-4-6-12/h2-9H,10,16H2,1H3. The third kappa shape index (κ3) is 1.84. The summed E-state index contributed by atoms with van der Waals surface area (Å²) in [7, 11) is 0. The Morgan fingerprint density at radius 3 is 2.72 bits per heavy atom. The van der Waals surface area contributed by atoms with Crippen molar-refractivity contribution in [1.82, 2.24) is 9.38 Å². The predicted octanol–water partition coefficient (Wildman–Crippen LogP) is 2.82. The summed E-state index contributed by atoms with van der Waals surface area (Å²) in [4.78, 5) is 4.61. The molecule has 3 aromatic rings. The Labute approximate surface area is 106 Å². The van der Waals surface area contributed by atoms with Crippen LogP contribution >= 0.6 is 0 Å². The first-order valence-corrected chi connectivity index (χ1v) is 6.01. The SMILES string of the molecule is Cc1ccn2c(N)c(Cc3ccccc3)nc2c1. The number of aromatic nitrogens is 2. The van der Waals surface area contributed by atoms with Gasteiger partial charge in [0.2, 0.25) is 0 Å². The van der Waals surface area contributed by atoms with E-state index in [1.54, 1.807) is 0 Å². The molecule has 3 heteroatoms. The van der Waals surface area contributed by atoms with Gasteiger partial charge in [0.25, 0.3) is 0 Å². The maximum atomic E-state index is 6.14. The number of hydrogen-bond acceptors (Lipinski definition) is 2. The Balaban J connectivity index is 2.05. The maximum Gasteiger partial charge on any atom is 0.138 e. The molecule has 0 amide bonds. The number of anilines is 1. The molecule has 3 nitrogen and oxygen atoms in total. The Hall–Kier alpha value is -2.29. The lowest BCUT2D eigenvalue weighted by Crippen LogP contribution is -1.97. The van der Waals surface area contributed by atoms with Gasteiger partial charge < -0.3 is 5.73 Å². The monoisotopic (exact) mass is 237 g/mol. The minimum atomic E-state index is 0.730. The van der Waals surface area contributed by atoms with Crippen LogP contribution in [-0.2, 0) is 6.42 Å². The van der Waals surface area contributed by atoms with Crippen LogP contribution in [0.1, 0.15) is 16.8 Å². The first-order valence-electron chi connectivity index (χ1n) is 6.01. The van der Waals surface area contributed by atoms with Gasteiger partial charge in [-0.2, -0.15) is 0 Å². The molecule has 2 N–H and O–H groups in total. The van der Waals surface area contributed by atoms with Crippen LogP contribution in [0, 0.1) is 6.92 Å². The van der Waals surface area contributed by atoms with Gasteiger partial charge in [-0.1, -0.05) is 30.3 Å². The molecule has 0 spiro atoms. The van der Waals surface area contributed by atoms with Gasteiger partial charge in [0, 0.05) is 12.6 Å². The minimum absolute atomic E-state index is 0.730. The number of pyridine rings is 1. The van der Waals surface area contributed by atoms with Gasteiger partial charge in [-0.25, -0.2) is 4.98 Å². The number of rotatable bonds is 2. The molecule has 0 fully saturated rings. The van der Waals surface area contributed by atoms with Crippen molar-refractivity contribution in [3.8, 4) is 0 Å². The molecule has 2 heterocycles. The molecule has 18 heavy (non-hydrogen) atoms. The zero-order chi connectivity index (χ0) is 12.5. The van der Waals surface area contributed by atoms with Crippen molar-refractivity contribution in [2.75, 3.05) is 5.73 Å². The molecular formula is C15H15N3. The lowest BCUT2D eigenvalue weighted by Gasteiger charge is -1.99. The van der Waals surface area contributed by atoms with Crippen LogP contribution in [0.4, 0.5) is 5.82 Å². The molecule has 0 bridgehead atoms. The fourth-order valence-corrected chi connectivity index (χ4v) is 2.13. The van der Waals surface area contributed by atoms with E-state index in [-0.39, 0.29) is 0 Å². The summed E-state index contributed by atoms with van der Waals surface area (Å²) in [6.45, 7) is 2.06. The third-order valence-corrected chi connectivity index (χ3v) is 3.11. The van der Waals surface area contributed by atoms with E-state index in [1.165, 1.54) is 11.1 Å². The zero-order valence-electron chi connectivity index (χ0n) is 10.3. The van der Waals surface area contributed by atoms with Crippen LogP contribution in [0.15, 0.2) is 48.7 Å². The Bertz CT molecular complexity index is 684. The number of nitrogens with zero attached hydrogens (tertiary/aromatic N) is 2. The van der Waals surface area contributed by atoms with Crippen molar-refractivity contribution in [3.05, 3.63) is 65.5 Å². The molecule has 0 aliphatic heterocycles. The molecule has 0 saturated heterocycles. The molecule has 0 saturated carbocycles. The van der Waals surface area contributed by atoms with E-state index in [0.717, 1.165) is 23.6 Å². The summed E-state index contributed by atoms with van der Waals surface area (Å²) in [5.41, 5.74) is 10.4. The maximum absolute atomic E-state index is 6.14. The highest BCUT2D eigenvalue weighted by Crippen LogP contribution is 2.19. The molecular weight excluding hydrogens is 222 g/mol. The smallest absolute Gasteiger partial charge is 0.138 e. The van der Waals surface area contributed by atoms with Crippen molar-refractivity contribution >= 4 is 11.5 Å². The Morgan fingerprint density at radius 2 is 1.94 bits per heavy atom. The van der Waals surface area contributed by atoms with Crippen LogP contribution in [0.3, 0.4) is 0 Å². The topological polar surface area (TPSA) is 43.3 Å². The van der Waals surface area contributed by atoms with Gasteiger partial charge in [-0.15, -0.1) is 0 Å². The fourth-order valence-electron chi connectivity index (χ4n) is 2.13. The van der Waals surface area contributed by atoms with Gasteiger partial charge in [0.15, 0.2) is 0 Å². The van der Waals surface area contributed by atoms with E-state index in [0.29, 0.717) is 0 Å². The largest absolute Gasteiger partial charge is 0.383 e. The second-order valence-corrected chi connectivity index (χ2v) is 4.54. The zero-order valence-corrected chi connectivity index (χ0v) is 10.3. The van der Waals surface area contributed by atoms with Gasteiger partial charge in [-0.05, 0) is 30.2 Å². The van der Waals surface area contributed by atoms with E-state index < -0.39 is 0 Å². The first-order chi connectivity index (χ1) is 8.74. The number of nitrogen functional groups attached to an aromatic ring is 1. The van der Waals surface area contributed by atoms with Gasteiger partial charge in [0.1, 0.15) is 11.5 Å². The summed E-state index contributed by atoms with van der Waals surface area (Å²) in [6, 6.07) is 14.3. The van der Waals surface area contributed by atoms with Crippen molar-refractivity contribution in [2.45, 2.75) is 13.3 Å². The van der Waals surface area contributed by atoms with Gasteiger partial charge >= 0.3 is 0 Å². The van der Waals surface area contributed by atoms with E-state index >= 15 is 0 Å². The van der Waals surface area contributed by atoms with Crippen molar-refractivity contribution in [2.24, 2.45) is 0 Å². The number of imidazole rings is 1. The van der Waals surface area contributed by atoms with Crippen LogP contribution in [0.2, 0.25) is 0 Å². The molecule has 90 valence electrons. The van der Waals surface area contributed by atoms with Gasteiger partial charge in [0.05, 0.1) is 5.69 Å². The lowest BCUT2D eigenvalue weighted by atomic mass is 10.1. The molecule has 2 aromatic heterocycles. The number of benzene rings is 1. The number of aryl methyl sites for hydroxylation is 1. The summed E-state index contributed by atoms with van der Waals surface area (Å²) in [5, 5.41) is 0. The average molecular weight is 237 g/mol. The quantitative estimate of drug-likeness (QED) is 0.744. The number of fused-ring (bicyclic) bond motifs is 1. The van der Waals surface area contributed by atoms with Gasteiger partial charge in [-0.3, -0.25) is 4.40 Å².